The van der Waals surface area contributed by atoms with E-state index in [9.17, 15) is 4.79 Å². The van der Waals surface area contributed by atoms with Crippen molar-refractivity contribution in [2.24, 2.45) is 0 Å². The maximum atomic E-state index is 10.8. The Hall–Kier alpha value is -3.82. The minimum absolute atomic E-state index is 0.246. The summed E-state index contributed by atoms with van der Waals surface area (Å²) in [4.78, 5) is 19.2. The van der Waals surface area contributed by atoms with Gasteiger partial charge in [-0.15, -0.1) is 0 Å². The number of carboxylic acid groups (broad SMARTS) is 1. The number of nitrogens with zero attached hydrogens (tertiary/aromatic N) is 4. The third-order valence-electron chi connectivity index (χ3n) is 3.20. The van der Waals surface area contributed by atoms with Gasteiger partial charge >= 0.3 is 6.09 Å². The molecule has 10 nitrogen and oxygen atoms in total. The lowest BCUT2D eigenvalue weighted by Gasteiger charge is -2.10. The van der Waals surface area contributed by atoms with Gasteiger partial charge in [0.2, 0.25) is 5.95 Å². The summed E-state index contributed by atoms with van der Waals surface area (Å²) in [5.41, 5.74) is 7.47. The number of carbonyl (C=O) groups is 1. The Bertz CT molecular complexity index is 892. The lowest BCUT2D eigenvalue weighted by Crippen LogP contribution is -2.07. The molecule has 0 aliphatic rings. The Labute approximate surface area is 142 Å². The first kappa shape index (κ1) is 16.1. The van der Waals surface area contributed by atoms with E-state index in [-0.39, 0.29) is 5.95 Å². The Morgan fingerprint density at radius 3 is 2.60 bits per heavy atom. The van der Waals surface area contributed by atoms with E-state index in [4.69, 9.17) is 15.6 Å². The van der Waals surface area contributed by atoms with Crippen LogP contribution in [-0.2, 0) is 0 Å². The van der Waals surface area contributed by atoms with Crippen LogP contribution in [-0.4, -0.2) is 38.1 Å². The molecule has 0 saturated carbocycles. The number of aromatic nitrogens is 4. The number of nitrogens with one attached hydrogen (secondary N) is 2. The molecule has 0 saturated heterocycles. The van der Waals surface area contributed by atoms with Gasteiger partial charge in [-0.2, -0.15) is 14.8 Å². The highest BCUT2D eigenvalue weighted by Crippen LogP contribution is 2.24. The summed E-state index contributed by atoms with van der Waals surface area (Å²) in [6.45, 7) is 0. The van der Waals surface area contributed by atoms with Crippen LogP contribution in [0.1, 0.15) is 0 Å². The number of methoxy groups -OCH3 is 1. The van der Waals surface area contributed by atoms with Gasteiger partial charge < -0.3 is 26.2 Å². The standard InChI is InChI=1S/C15H15N7O3/c1-25-11-4-2-9(3-5-11)19-13-12(16)7-17-14(21-13)20-10-6-18-22(8-10)15(23)24/h2-8H,16H2,1H3,(H,23,24)(H2,17,19,20,21). The molecule has 3 aromatic rings. The zero-order chi connectivity index (χ0) is 17.8. The molecule has 5 N–H and O–H groups in total. The molecule has 3 rings (SSSR count). The van der Waals surface area contributed by atoms with Crippen molar-refractivity contribution in [2.75, 3.05) is 23.5 Å². The number of nitrogens with two attached hydrogens (primary N) is 1. The van der Waals surface area contributed by atoms with Crippen LogP contribution in [0.15, 0.2) is 42.9 Å². The molecule has 10 heteroatoms. The summed E-state index contributed by atoms with van der Waals surface area (Å²) in [6.07, 6.45) is 2.92. The molecule has 25 heavy (non-hydrogen) atoms. The molecule has 0 spiro atoms. The summed E-state index contributed by atoms with van der Waals surface area (Å²) >= 11 is 0. The first-order chi connectivity index (χ1) is 12.0. The molecule has 2 heterocycles. The molecule has 0 bridgehead atoms. The van der Waals surface area contributed by atoms with Crippen LogP contribution in [0, 0.1) is 0 Å². The topological polar surface area (TPSA) is 140 Å². The van der Waals surface area contributed by atoms with E-state index in [0.717, 1.165) is 16.1 Å². The number of hydrogen-bond donors (Lipinski definition) is 4. The van der Waals surface area contributed by atoms with Gasteiger partial charge in [0.1, 0.15) is 5.75 Å². The molecule has 0 atom stereocenters. The molecule has 128 valence electrons. The zero-order valence-electron chi connectivity index (χ0n) is 13.2. The van der Waals surface area contributed by atoms with E-state index in [1.165, 1.54) is 18.6 Å². The quantitative estimate of drug-likeness (QED) is 0.550. The number of benzene rings is 1. The van der Waals surface area contributed by atoms with Gasteiger partial charge in [0, 0.05) is 5.69 Å². The first-order valence-corrected chi connectivity index (χ1v) is 7.14. The third kappa shape index (κ3) is 3.75. The van der Waals surface area contributed by atoms with Gasteiger partial charge in [-0.3, -0.25) is 0 Å². The van der Waals surface area contributed by atoms with Crippen LogP contribution < -0.4 is 21.1 Å². The number of ether oxygens (including phenoxy) is 1. The van der Waals surface area contributed by atoms with Crippen molar-refractivity contribution >= 4 is 34.9 Å². The molecule has 0 amide bonds. The maximum absolute atomic E-state index is 10.8. The fourth-order valence-electron chi connectivity index (χ4n) is 1.98. The number of hydrogen-bond acceptors (Lipinski definition) is 8. The minimum atomic E-state index is -1.19. The van der Waals surface area contributed by atoms with E-state index < -0.39 is 6.09 Å². The van der Waals surface area contributed by atoms with Crippen molar-refractivity contribution < 1.29 is 14.6 Å². The van der Waals surface area contributed by atoms with Crippen LogP contribution in [0.25, 0.3) is 0 Å². The third-order valence-corrected chi connectivity index (χ3v) is 3.20. The van der Waals surface area contributed by atoms with Crippen molar-refractivity contribution in [3.8, 4) is 5.75 Å². The monoisotopic (exact) mass is 341 g/mol. The average Bonchev–Trinajstić information content (AvgIpc) is 3.07. The molecule has 2 aromatic heterocycles. The van der Waals surface area contributed by atoms with Crippen LogP contribution >= 0.6 is 0 Å². The number of nitrogen functional groups attached to an aromatic ring is 1. The number of rotatable bonds is 5. The maximum Gasteiger partial charge on any atom is 0.432 e. The van der Waals surface area contributed by atoms with Crippen molar-refractivity contribution in [1.29, 1.82) is 0 Å². The van der Waals surface area contributed by atoms with Gasteiger partial charge in [0.15, 0.2) is 5.82 Å². The lowest BCUT2D eigenvalue weighted by molar-refractivity contribution is 0.192. The molecule has 0 fully saturated rings. The fourth-order valence-corrected chi connectivity index (χ4v) is 1.98. The first-order valence-electron chi connectivity index (χ1n) is 7.14. The van der Waals surface area contributed by atoms with Crippen LogP contribution in [0.4, 0.5) is 33.6 Å². The minimum Gasteiger partial charge on any atom is -0.497 e. The highest BCUT2D eigenvalue weighted by molar-refractivity contribution is 5.71. The Morgan fingerprint density at radius 1 is 1.20 bits per heavy atom. The summed E-state index contributed by atoms with van der Waals surface area (Å²) < 4.78 is 5.88. The van der Waals surface area contributed by atoms with E-state index in [1.54, 1.807) is 19.2 Å². The van der Waals surface area contributed by atoms with Gasteiger partial charge in [0.05, 0.1) is 37.1 Å². The molecule has 0 aliphatic heterocycles. The van der Waals surface area contributed by atoms with E-state index in [2.05, 4.69) is 25.7 Å². The molecule has 0 unspecified atom stereocenters. The number of anilines is 5. The highest BCUT2D eigenvalue weighted by atomic mass is 16.5. The second kappa shape index (κ2) is 6.74. The largest absolute Gasteiger partial charge is 0.497 e. The smallest absolute Gasteiger partial charge is 0.432 e. The van der Waals surface area contributed by atoms with Crippen LogP contribution in [0.5, 0.6) is 5.75 Å². The molecular formula is C15H15N7O3. The lowest BCUT2D eigenvalue weighted by atomic mass is 10.3. The molecule has 0 aliphatic carbocycles. The molecule has 0 radical (unpaired) electrons. The van der Waals surface area contributed by atoms with E-state index in [1.807, 2.05) is 12.1 Å². The van der Waals surface area contributed by atoms with Gasteiger partial charge in [0.25, 0.3) is 0 Å². The average molecular weight is 341 g/mol. The molecule has 1 aromatic carbocycles. The highest BCUT2D eigenvalue weighted by Gasteiger charge is 2.08. The Kier molecular flexibility index (Phi) is 4.33. The zero-order valence-corrected chi connectivity index (χ0v) is 13.2. The van der Waals surface area contributed by atoms with Gasteiger partial charge in [-0.25, -0.2) is 9.78 Å². The summed E-state index contributed by atoms with van der Waals surface area (Å²) in [6, 6.07) is 7.26. The van der Waals surface area contributed by atoms with Gasteiger partial charge in [-0.05, 0) is 24.3 Å². The fraction of sp³-hybridized carbons (Fsp3) is 0.0667. The van der Waals surface area contributed by atoms with Crippen molar-refractivity contribution in [3.63, 3.8) is 0 Å². The van der Waals surface area contributed by atoms with Crippen LogP contribution in [0.3, 0.4) is 0 Å². The van der Waals surface area contributed by atoms with E-state index in [0.29, 0.717) is 17.2 Å². The second-order valence-corrected chi connectivity index (χ2v) is 4.93. The Morgan fingerprint density at radius 2 is 1.96 bits per heavy atom. The van der Waals surface area contributed by atoms with Crippen molar-refractivity contribution in [2.45, 2.75) is 0 Å². The van der Waals surface area contributed by atoms with Crippen molar-refractivity contribution in [3.05, 3.63) is 42.9 Å². The van der Waals surface area contributed by atoms with Crippen molar-refractivity contribution in [1.82, 2.24) is 19.7 Å². The predicted octanol–water partition coefficient (Wildman–Crippen LogP) is 2.28. The molecular weight excluding hydrogens is 326 g/mol. The Balaban J connectivity index is 1.78. The van der Waals surface area contributed by atoms with Gasteiger partial charge in [-0.1, -0.05) is 0 Å². The summed E-state index contributed by atoms with van der Waals surface area (Å²) in [5, 5.41) is 18.5. The van der Waals surface area contributed by atoms with Crippen LogP contribution in [0.2, 0.25) is 0 Å². The summed E-state index contributed by atoms with van der Waals surface area (Å²) in [5.74, 6) is 1.39. The second-order valence-electron chi connectivity index (χ2n) is 4.93. The summed E-state index contributed by atoms with van der Waals surface area (Å²) in [7, 11) is 1.59. The predicted molar refractivity (Wildman–Crippen MR) is 91.7 cm³/mol. The normalized spacial score (nSPS) is 10.3. The SMILES string of the molecule is COc1ccc(Nc2nc(Nc3cnn(C(=O)O)c3)ncc2N)cc1. The van der Waals surface area contributed by atoms with E-state index >= 15 is 0 Å².